The van der Waals surface area contributed by atoms with Crippen LogP contribution >= 0.6 is 11.8 Å². The van der Waals surface area contributed by atoms with Gasteiger partial charge in [0.2, 0.25) is 5.91 Å². The van der Waals surface area contributed by atoms with Crippen molar-refractivity contribution >= 4 is 29.0 Å². The summed E-state index contributed by atoms with van der Waals surface area (Å²) in [6.45, 7) is 1.90. The summed E-state index contributed by atoms with van der Waals surface area (Å²) in [5.74, 6) is 0.775. The molecule has 0 aromatic heterocycles. The van der Waals surface area contributed by atoms with E-state index in [9.17, 15) is 4.79 Å². The third-order valence-electron chi connectivity index (χ3n) is 3.37. The number of carbonyl (C=O) groups excluding carboxylic acids is 1. The molecule has 0 saturated carbocycles. The van der Waals surface area contributed by atoms with Crippen LogP contribution in [0.2, 0.25) is 0 Å². The van der Waals surface area contributed by atoms with E-state index in [-0.39, 0.29) is 11.2 Å². The van der Waals surface area contributed by atoms with Crippen molar-refractivity contribution in [3.63, 3.8) is 0 Å². The van der Waals surface area contributed by atoms with Gasteiger partial charge < -0.3 is 15.0 Å². The van der Waals surface area contributed by atoms with Crippen molar-refractivity contribution in [2.45, 2.75) is 17.1 Å². The number of hydrogen-bond donors (Lipinski definition) is 1. The normalized spacial score (nSPS) is 11.7. The molecule has 0 aliphatic carbocycles. The van der Waals surface area contributed by atoms with Gasteiger partial charge in [0.25, 0.3) is 0 Å². The molecule has 0 radical (unpaired) electrons. The second kappa shape index (κ2) is 7.92. The van der Waals surface area contributed by atoms with E-state index in [1.54, 1.807) is 7.11 Å². The molecule has 1 N–H and O–H groups in total. The third-order valence-corrected chi connectivity index (χ3v) is 4.47. The van der Waals surface area contributed by atoms with Crippen molar-refractivity contribution in [2.24, 2.45) is 0 Å². The standard InChI is InChI=1S/C18H22N2O2S/c1-13(23-17-7-5-6-16(12-17)22-4)18(21)19-14-8-10-15(11-9-14)20(2)3/h5-13H,1-4H3,(H,19,21). The van der Waals surface area contributed by atoms with Gasteiger partial charge in [-0.3, -0.25) is 4.79 Å². The highest BCUT2D eigenvalue weighted by Gasteiger charge is 2.15. The van der Waals surface area contributed by atoms with Gasteiger partial charge in [0.15, 0.2) is 0 Å². The van der Waals surface area contributed by atoms with Gasteiger partial charge in [0, 0.05) is 30.4 Å². The molecule has 0 aliphatic rings. The summed E-state index contributed by atoms with van der Waals surface area (Å²) >= 11 is 1.51. The van der Waals surface area contributed by atoms with E-state index in [0.29, 0.717) is 0 Å². The van der Waals surface area contributed by atoms with Gasteiger partial charge in [-0.05, 0) is 49.4 Å². The smallest absolute Gasteiger partial charge is 0.237 e. The summed E-state index contributed by atoms with van der Waals surface area (Å²) in [6, 6.07) is 15.5. The Kier molecular flexibility index (Phi) is 5.93. The zero-order chi connectivity index (χ0) is 16.8. The molecule has 4 nitrogen and oxygen atoms in total. The average molecular weight is 330 g/mol. The van der Waals surface area contributed by atoms with Crippen LogP contribution in [0.15, 0.2) is 53.4 Å². The average Bonchev–Trinajstić information content (AvgIpc) is 2.55. The number of anilines is 2. The summed E-state index contributed by atoms with van der Waals surface area (Å²) in [5, 5.41) is 2.75. The monoisotopic (exact) mass is 330 g/mol. The molecule has 1 amide bonds. The number of methoxy groups -OCH3 is 1. The Morgan fingerprint density at radius 2 is 1.87 bits per heavy atom. The summed E-state index contributed by atoms with van der Waals surface area (Å²) in [6.07, 6.45) is 0. The minimum atomic E-state index is -0.198. The maximum Gasteiger partial charge on any atom is 0.237 e. The topological polar surface area (TPSA) is 41.6 Å². The Balaban J connectivity index is 1.96. The summed E-state index contributed by atoms with van der Waals surface area (Å²) in [7, 11) is 5.61. The number of hydrogen-bond acceptors (Lipinski definition) is 4. The lowest BCUT2D eigenvalue weighted by Gasteiger charge is -2.15. The predicted molar refractivity (Wildman–Crippen MR) is 97.7 cm³/mol. The first-order valence-electron chi connectivity index (χ1n) is 7.38. The number of nitrogens with one attached hydrogen (secondary N) is 1. The number of ether oxygens (including phenoxy) is 1. The van der Waals surface area contributed by atoms with Gasteiger partial charge in [0.1, 0.15) is 5.75 Å². The van der Waals surface area contributed by atoms with Crippen molar-refractivity contribution in [1.82, 2.24) is 0 Å². The second-order valence-electron chi connectivity index (χ2n) is 5.37. The van der Waals surface area contributed by atoms with Gasteiger partial charge in [-0.15, -0.1) is 11.8 Å². The molecule has 2 rings (SSSR count). The second-order valence-corrected chi connectivity index (χ2v) is 6.78. The van der Waals surface area contributed by atoms with Crippen LogP contribution in [0.1, 0.15) is 6.92 Å². The van der Waals surface area contributed by atoms with Crippen LogP contribution in [-0.4, -0.2) is 32.4 Å². The lowest BCUT2D eigenvalue weighted by atomic mass is 10.2. The third kappa shape index (κ3) is 4.93. The van der Waals surface area contributed by atoms with Crippen LogP contribution in [0, 0.1) is 0 Å². The molecule has 0 heterocycles. The van der Waals surface area contributed by atoms with Gasteiger partial charge in [0.05, 0.1) is 12.4 Å². The molecule has 23 heavy (non-hydrogen) atoms. The van der Waals surface area contributed by atoms with E-state index in [1.807, 2.05) is 74.4 Å². The lowest BCUT2D eigenvalue weighted by Crippen LogP contribution is -2.22. The Morgan fingerprint density at radius 1 is 1.17 bits per heavy atom. The van der Waals surface area contributed by atoms with Gasteiger partial charge in [-0.2, -0.15) is 0 Å². The molecule has 0 fully saturated rings. The Bertz CT molecular complexity index is 656. The molecule has 2 aromatic carbocycles. The molecule has 2 aromatic rings. The highest BCUT2D eigenvalue weighted by molar-refractivity contribution is 8.00. The van der Waals surface area contributed by atoms with Crippen molar-refractivity contribution in [3.8, 4) is 5.75 Å². The molecular weight excluding hydrogens is 308 g/mol. The molecular formula is C18H22N2O2S. The maximum atomic E-state index is 12.3. The molecule has 122 valence electrons. The number of rotatable bonds is 6. The van der Waals surface area contributed by atoms with Crippen LogP contribution in [0.3, 0.4) is 0 Å². The van der Waals surface area contributed by atoms with Crippen molar-refractivity contribution < 1.29 is 9.53 Å². The summed E-state index contributed by atoms with van der Waals surface area (Å²) in [5.41, 5.74) is 1.90. The van der Waals surface area contributed by atoms with Gasteiger partial charge >= 0.3 is 0 Å². The maximum absolute atomic E-state index is 12.3. The van der Waals surface area contributed by atoms with Crippen molar-refractivity contribution in [3.05, 3.63) is 48.5 Å². The van der Waals surface area contributed by atoms with Crippen LogP contribution in [0.25, 0.3) is 0 Å². The Hall–Kier alpha value is -2.14. The largest absolute Gasteiger partial charge is 0.497 e. The minimum absolute atomic E-state index is 0.0181. The fourth-order valence-corrected chi connectivity index (χ4v) is 2.93. The first kappa shape index (κ1) is 17.2. The number of benzene rings is 2. The van der Waals surface area contributed by atoms with Gasteiger partial charge in [-0.1, -0.05) is 6.07 Å². The van der Waals surface area contributed by atoms with Crippen LogP contribution in [0.5, 0.6) is 5.75 Å². The summed E-state index contributed by atoms with van der Waals surface area (Å²) in [4.78, 5) is 15.3. The number of carbonyl (C=O) groups is 1. The molecule has 0 bridgehead atoms. The molecule has 0 saturated heterocycles. The van der Waals surface area contributed by atoms with Gasteiger partial charge in [-0.25, -0.2) is 0 Å². The molecule has 5 heteroatoms. The molecule has 1 unspecified atom stereocenters. The quantitative estimate of drug-likeness (QED) is 0.816. The van der Waals surface area contributed by atoms with E-state index >= 15 is 0 Å². The first-order valence-corrected chi connectivity index (χ1v) is 8.26. The van der Waals surface area contributed by atoms with E-state index in [4.69, 9.17) is 4.74 Å². The highest BCUT2D eigenvalue weighted by atomic mass is 32.2. The fourth-order valence-electron chi connectivity index (χ4n) is 2.02. The predicted octanol–water partition coefficient (Wildman–Crippen LogP) is 3.88. The van der Waals surface area contributed by atoms with Crippen LogP contribution in [-0.2, 0) is 4.79 Å². The van der Waals surface area contributed by atoms with E-state index in [1.165, 1.54) is 11.8 Å². The zero-order valence-corrected chi connectivity index (χ0v) is 14.7. The first-order chi connectivity index (χ1) is 11.0. The lowest BCUT2D eigenvalue weighted by molar-refractivity contribution is -0.115. The van der Waals surface area contributed by atoms with E-state index < -0.39 is 0 Å². The van der Waals surface area contributed by atoms with Crippen LogP contribution < -0.4 is 15.0 Å². The fraction of sp³-hybridized carbons (Fsp3) is 0.278. The zero-order valence-electron chi connectivity index (χ0n) is 13.9. The SMILES string of the molecule is COc1cccc(SC(C)C(=O)Nc2ccc(N(C)C)cc2)c1. The van der Waals surface area contributed by atoms with Crippen LogP contribution in [0.4, 0.5) is 11.4 Å². The Morgan fingerprint density at radius 3 is 2.48 bits per heavy atom. The van der Waals surface area contributed by atoms with Crippen molar-refractivity contribution in [1.29, 1.82) is 0 Å². The molecule has 0 spiro atoms. The number of amides is 1. The van der Waals surface area contributed by atoms with E-state index in [0.717, 1.165) is 22.0 Å². The summed E-state index contributed by atoms with van der Waals surface area (Å²) < 4.78 is 5.21. The number of nitrogens with zero attached hydrogens (tertiary/aromatic N) is 1. The Labute approximate surface area is 141 Å². The number of thioether (sulfide) groups is 1. The van der Waals surface area contributed by atoms with E-state index in [2.05, 4.69) is 5.32 Å². The minimum Gasteiger partial charge on any atom is -0.497 e. The molecule has 1 atom stereocenters. The highest BCUT2D eigenvalue weighted by Crippen LogP contribution is 2.27. The van der Waals surface area contributed by atoms with Crippen molar-refractivity contribution in [2.75, 3.05) is 31.4 Å². The molecule has 0 aliphatic heterocycles.